The number of rotatable bonds is 6. The molecule has 0 amide bonds. The van der Waals surface area contributed by atoms with E-state index in [1.54, 1.807) is 6.26 Å². The predicted octanol–water partition coefficient (Wildman–Crippen LogP) is 3.38. The van der Waals surface area contributed by atoms with Crippen LogP contribution >= 0.6 is 0 Å². The van der Waals surface area contributed by atoms with Gasteiger partial charge in [-0.2, -0.15) is 4.98 Å². The van der Waals surface area contributed by atoms with Crippen LogP contribution in [0.25, 0.3) is 0 Å². The van der Waals surface area contributed by atoms with Crippen LogP contribution in [0, 0.1) is 11.8 Å². The second-order valence-corrected chi connectivity index (χ2v) is 6.05. The van der Waals surface area contributed by atoms with Crippen molar-refractivity contribution in [3.8, 4) is 6.08 Å². The van der Waals surface area contributed by atoms with Gasteiger partial charge >= 0.3 is 6.08 Å². The van der Waals surface area contributed by atoms with Crippen molar-refractivity contribution in [2.24, 2.45) is 11.8 Å². The molecule has 0 radical (unpaired) electrons. The Balaban J connectivity index is 1.79. The fraction of sp³-hybridized carbons (Fsp3) is 0.800. The molecule has 1 saturated carbocycles. The van der Waals surface area contributed by atoms with Crippen molar-refractivity contribution in [2.45, 2.75) is 59.1 Å². The Morgan fingerprint density at radius 2 is 2.21 bits per heavy atom. The van der Waals surface area contributed by atoms with Gasteiger partial charge < -0.3 is 14.5 Å². The van der Waals surface area contributed by atoms with Gasteiger partial charge in [-0.05, 0) is 37.6 Å². The summed E-state index contributed by atoms with van der Waals surface area (Å²) in [6.45, 7) is 8.36. The highest BCUT2D eigenvalue weighted by molar-refractivity contribution is 5.00. The topological polar surface area (TPSA) is 47.3 Å². The smallest absolute Gasteiger partial charge is 0.394 e. The van der Waals surface area contributed by atoms with Crippen molar-refractivity contribution < 1.29 is 9.15 Å². The number of nitrogens with one attached hydrogen (secondary N) is 1. The number of hydrogen-bond acceptors (Lipinski definition) is 4. The van der Waals surface area contributed by atoms with Crippen LogP contribution in [0.1, 0.15) is 52.1 Å². The van der Waals surface area contributed by atoms with E-state index in [-0.39, 0.29) is 6.10 Å². The molecule has 0 bridgehead atoms. The molecule has 1 N–H and O–H groups in total. The molecule has 19 heavy (non-hydrogen) atoms. The molecule has 108 valence electrons. The van der Waals surface area contributed by atoms with Crippen LogP contribution in [-0.2, 0) is 6.54 Å². The highest BCUT2D eigenvalue weighted by Crippen LogP contribution is 2.27. The minimum absolute atomic E-state index is 0.267. The van der Waals surface area contributed by atoms with Crippen molar-refractivity contribution in [3.05, 3.63) is 12.0 Å². The van der Waals surface area contributed by atoms with E-state index in [0.29, 0.717) is 17.9 Å². The lowest BCUT2D eigenvalue weighted by Crippen LogP contribution is -2.28. The monoisotopic (exact) mass is 266 g/mol. The standard InChI is InChI=1S/C15H26N2O2/c1-11(2)8-16-9-13-10-18-15(17-13)19-14-7-5-4-6-12(14)3/h10-12,14,16H,4-9H2,1-3H3. The molecule has 1 aliphatic rings. The summed E-state index contributed by atoms with van der Waals surface area (Å²) in [5.74, 6) is 1.24. The zero-order valence-corrected chi connectivity index (χ0v) is 12.3. The van der Waals surface area contributed by atoms with Gasteiger partial charge in [0.25, 0.3) is 0 Å². The van der Waals surface area contributed by atoms with Crippen molar-refractivity contribution in [3.63, 3.8) is 0 Å². The molecule has 4 heteroatoms. The van der Waals surface area contributed by atoms with E-state index < -0.39 is 0 Å². The Labute approximate surface area is 115 Å². The molecule has 2 rings (SSSR count). The fourth-order valence-electron chi connectivity index (χ4n) is 2.50. The molecule has 1 heterocycles. The van der Waals surface area contributed by atoms with E-state index in [2.05, 4.69) is 31.1 Å². The molecule has 1 fully saturated rings. The number of hydrogen-bond donors (Lipinski definition) is 1. The third-order valence-corrected chi connectivity index (χ3v) is 3.67. The van der Waals surface area contributed by atoms with Gasteiger partial charge in [0.2, 0.25) is 0 Å². The Bertz CT molecular complexity index is 376. The maximum Gasteiger partial charge on any atom is 0.394 e. The maximum atomic E-state index is 5.87. The van der Waals surface area contributed by atoms with Crippen molar-refractivity contribution in [1.82, 2.24) is 10.3 Å². The van der Waals surface area contributed by atoms with E-state index in [1.165, 1.54) is 19.3 Å². The SMILES string of the molecule is CC(C)CNCc1coc(OC2CCCCC2C)n1. The third kappa shape index (κ3) is 4.53. The van der Waals surface area contributed by atoms with Crippen molar-refractivity contribution in [1.29, 1.82) is 0 Å². The molecule has 0 aliphatic heterocycles. The molecule has 2 atom stereocenters. The maximum absolute atomic E-state index is 5.87. The first kappa shape index (κ1) is 14.4. The Hall–Kier alpha value is -1.03. The summed E-state index contributed by atoms with van der Waals surface area (Å²) in [4.78, 5) is 4.38. The summed E-state index contributed by atoms with van der Waals surface area (Å²) in [5.41, 5.74) is 0.916. The molecule has 0 spiro atoms. The number of ether oxygens (including phenoxy) is 1. The molecule has 0 aromatic carbocycles. The van der Waals surface area contributed by atoms with Crippen LogP contribution in [0.2, 0.25) is 0 Å². The summed E-state index contributed by atoms with van der Waals surface area (Å²) in [5, 5.41) is 3.35. The van der Waals surface area contributed by atoms with E-state index >= 15 is 0 Å². The van der Waals surface area contributed by atoms with Crippen LogP contribution in [0.4, 0.5) is 0 Å². The molecular weight excluding hydrogens is 240 g/mol. The zero-order chi connectivity index (χ0) is 13.7. The van der Waals surface area contributed by atoms with Gasteiger partial charge in [0.05, 0.1) is 5.69 Å². The highest BCUT2D eigenvalue weighted by atomic mass is 16.6. The normalized spacial score (nSPS) is 23.8. The first-order valence-corrected chi connectivity index (χ1v) is 7.47. The van der Waals surface area contributed by atoms with Gasteiger partial charge in [-0.25, -0.2) is 0 Å². The van der Waals surface area contributed by atoms with Crippen LogP contribution < -0.4 is 10.1 Å². The first-order chi connectivity index (χ1) is 9.15. The number of oxazole rings is 1. The molecular formula is C15H26N2O2. The average molecular weight is 266 g/mol. The van der Waals surface area contributed by atoms with Crippen molar-refractivity contribution >= 4 is 0 Å². The number of aromatic nitrogens is 1. The predicted molar refractivity (Wildman–Crippen MR) is 75.1 cm³/mol. The van der Waals surface area contributed by atoms with Crippen LogP contribution in [0.15, 0.2) is 10.7 Å². The molecule has 4 nitrogen and oxygen atoms in total. The average Bonchev–Trinajstić information content (AvgIpc) is 2.79. The number of nitrogens with zero attached hydrogens (tertiary/aromatic N) is 1. The Morgan fingerprint density at radius 3 is 2.95 bits per heavy atom. The fourth-order valence-corrected chi connectivity index (χ4v) is 2.50. The van der Waals surface area contributed by atoms with E-state index in [9.17, 15) is 0 Å². The highest BCUT2D eigenvalue weighted by Gasteiger charge is 2.24. The van der Waals surface area contributed by atoms with Crippen molar-refractivity contribution in [2.75, 3.05) is 6.54 Å². The quantitative estimate of drug-likeness (QED) is 0.857. The summed E-state index contributed by atoms with van der Waals surface area (Å²) >= 11 is 0. The van der Waals surface area contributed by atoms with Gasteiger partial charge in [0.1, 0.15) is 12.4 Å². The Kier molecular flexibility index (Phi) is 5.25. The second-order valence-electron chi connectivity index (χ2n) is 6.05. The Morgan fingerprint density at radius 1 is 1.42 bits per heavy atom. The molecule has 1 aliphatic carbocycles. The molecule has 0 saturated heterocycles. The lowest BCUT2D eigenvalue weighted by Gasteiger charge is -2.27. The van der Waals surface area contributed by atoms with E-state index in [1.807, 2.05) is 0 Å². The lowest BCUT2D eigenvalue weighted by molar-refractivity contribution is 0.0707. The van der Waals surface area contributed by atoms with Gasteiger partial charge in [0, 0.05) is 6.54 Å². The molecule has 2 unspecified atom stereocenters. The van der Waals surface area contributed by atoms with Crippen LogP contribution in [-0.4, -0.2) is 17.6 Å². The molecule has 1 aromatic rings. The summed E-state index contributed by atoms with van der Waals surface area (Å²) in [6, 6.07) is 0. The summed E-state index contributed by atoms with van der Waals surface area (Å²) < 4.78 is 11.3. The van der Waals surface area contributed by atoms with Gasteiger partial charge in [0.15, 0.2) is 0 Å². The van der Waals surface area contributed by atoms with Gasteiger partial charge in [-0.15, -0.1) is 0 Å². The minimum atomic E-state index is 0.267. The first-order valence-electron chi connectivity index (χ1n) is 7.47. The molecule has 1 aromatic heterocycles. The van der Waals surface area contributed by atoms with E-state index in [0.717, 1.165) is 25.2 Å². The van der Waals surface area contributed by atoms with Crippen LogP contribution in [0.5, 0.6) is 6.08 Å². The summed E-state index contributed by atoms with van der Waals surface area (Å²) in [6.07, 6.45) is 7.31. The van der Waals surface area contributed by atoms with Gasteiger partial charge in [-0.1, -0.05) is 27.2 Å². The minimum Gasteiger partial charge on any atom is -0.447 e. The lowest BCUT2D eigenvalue weighted by atomic mass is 9.88. The zero-order valence-electron chi connectivity index (χ0n) is 12.3. The van der Waals surface area contributed by atoms with Gasteiger partial charge in [-0.3, -0.25) is 0 Å². The summed E-state index contributed by atoms with van der Waals surface area (Å²) in [7, 11) is 0. The van der Waals surface area contributed by atoms with Crippen LogP contribution in [0.3, 0.4) is 0 Å². The third-order valence-electron chi connectivity index (χ3n) is 3.67. The second kappa shape index (κ2) is 6.94. The van der Waals surface area contributed by atoms with E-state index in [4.69, 9.17) is 9.15 Å². The largest absolute Gasteiger partial charge is 0.447 e.